The molecule has 1 atom stereocenters. The molecule has 3 rings (SSSR count). The van der Waals surface area contributed by atoms with E-state index in [1.807, 2.05) is 13.8 Å². The lowest BCUT2D eigenvalue weighted by molar-refractivity contribution is -0.122. The van der Waals surface area contributed by atoms with Gasteiger partial charge in [0.15, 0.2) is 0 Å². The Balaban J connectivity index is 1.96. The van der Waals surface area contributed by atoms with Gasteiger partial charge in [-0.2, -0.15) is 0 Å². The first-order valence-corrected chi connectivity index (χ1v) is 12.2. The Morgan fingerprint density at radius 3 is 2.15 bits per heavy atom. The Morgan fingerprint density at radius 1 is 0.821 bits per heavy atom. The number of hydrogen-bond acceptors (Lipinski definition) is 5. The van der Waals surface area contributed by atoms with Crippen LogP contribution >= 0.6 is 0 Å². The molecule has 0 fully saturated rings. The molecule has 10 heteroatoms. The molecule has 0 heterocycles. The van der Waals surface area contributed by atoms with Gasteiger partial charge in [-0.25, -0.2) is 4.79 Å². The molecule has 4 amide bonds. The van der Waals surface area contributed by atoms with E-state index in [4.69, 9.17) is 5.73 Å². The highest BCUT2D eigenvalue weighted by atomic mass is 16.4. The summed E-state index contributed by atoms with van der Waals surface area (Å²) in [7, 11) is 1.47. The predicted molar refractivity (Wildman–Crippen MR) is 147 cm³/mol. The van der Waals surface area contributed by atoms with Gasteiger partial charge >= 0.3 is 5.97 Å². The van der Waals surface area contributed by atoms with Crippen LogP contribution in [-0.4, -0.2) is 47.8 Å². The summed E-state index contributed by atoms with van der Waals surface area (Å²) in [5.41, 5.74) is 6.46. The minimum atomic E-state index is -1.30. The molecule has 10 nitrogen and oxygen atoms in total. The van der Waals surface area contributed by atoms with Gasteiger partial charge in [0.2, 0.25) is 11.8 Å². The van der Waals surface area contributed by atoms with Crippen LogP contribution in [0.3, 0.4) is 0 Å². The largest absolute Gasteiger partial charge is 0.478 e. The lowest BCUT2D eigenvalue weighted by Crippen LogP contribution is -2.46. The van der Waals surface area contributed by atoms with Crippen LogP contribution in [0.2, 0.25) is 0 Å². The lowest BCUT2D eigenvalue weighted by Gasteiger charge is -2.19. The summed E-state index contributed by atoms with van der Waals surface area (Å²) in [6.07, 6.45) is 0.403. The first-order valence-electron chi connectivity index (χ1n) is 12.2. The van der Waals surface area contributed by atoms with Crippen molar-refractivity contribution in [3.05, 3.63) is 89.0 Å². The van der Waals surface area contributed by atoms with Gasteiger partial charge in [-0.3, -0.25) is 19.2 Å². The van der Waals surface area contributed by atoms with Gasteiger partial charge in [0.05, 0.1) is 5.56 Å². The molecule has 39 heavy (non-hydrogen) atoms. The van der Waals surface area contributed by atoms with Crippen LogP contribution in [-0.2, 0) is 4.79 Å². The average molecular weight is 531 g/mol. The molecule has 0 aliphatic carbocycles. The second kappa shape index (κ2) is 12.5. The lowest BCUT2D eigenvalue weighted by atomic mass is 9.93. The van der Waals surface area contributed by atoms with Gasteiger partial charge in [-0.05, 0) is 59.9 Å². The average Bonchev–Trinajstić information content (AvgIpc) is 2.91. The van der Waals surface area contributed by atoms with Crippen LogP contribution in [0.5, 0.6) is 0 Å². The highest BCUT2D eigenvalue weighted by Gasteiger charge is 2.24. The fourth-order valence-electron chi connectivity index (χ4n) is 4.08. The van der Waals surface area contributed by atoms with Crippen LogP contribution in [0.25, 0.3) is 11.1 Å². The molecule has 0 unspecified atom stereocenters. The first-order chi connectivity index (χ1) is 18.5. The van der Waals surface area contributed by atoms with E-state index in [9.17, 15) is 29.1 Å². The van der Waals surface area contributed by atoms with E-state index in [-0.39, 0.29) is 39.6 Å². The Labute approximate surface area is 225 Å². The third kappa shape index (κ3) is 7.07. The van der Waals surface area contributed by atoms with Crippen LogP contribution in [0.4, 0.5) is 5.69 Å². The van der Waals surface area contributed by atoms with E-state index < -0.39 is 29.7 Å². The van der Waals surface area contributed by atoms with E-state index in [1.165, 1.54) is 43.4 Å². The zero-order chi connectivity index (χ0) is 28.7. The molecule has 0 aliphatic rings. The highest BCUT2D eigenvalue weighted by Crippen LogP contribution is 2.29. The van der Waals surface area contributed by atoms with Crippen LogP contribution in [0, 0.1) is 5.92 Å². The number of hydrogen-bond donors (Lipinski definition) is 5. The Bertz CT molecular complexity index is 1430. The first kappa shape index (κ1) is 28.6. The van der Waals surface area contributed by atoms with E-state index in [1.54, 1.807) is 30.3 Å². The van der Waals surface area contributed by atoms with E-state index >= 15 is 0 Å². The number of benzene rings is 3. The van der Waals surface area contributed by atoms with Gasteiger partial charge in [0.1, 0.15) is 6.04 Å². The minimum absolute atomic E-state index is 0.0546. The molecule has 3 aromatic carbocycles. The quantitative estimate of drug-likeness (QED) is 0.269. The molecule has 202 valence electrons. The van der Waals surface area contributed by atoms with E-state index in [2.05, 4.69) is 16.0 Å². The van der Waals surface area contributed by atoms with E-state index in [0.717, 1.165) is 0 Å². The summed E-state index contributed by atoms with van der Waals surface area (Å²) in [6, 6.07) is 15.9. The number of carboxylic acid groups (broad SMARTS) is 1. The second-order valence-corrected chi connectivity index (χ2v) is 9.28. The maximum absolute atomic E-state index is 13.2. The molecule has 0 aromatic heterocycles. The van der Waals surface area contributed by atoms with Crippen molar-refractivity contribution < 1.29 is 29.1 Å². The number of nitrogens with two attached hydrogens (primary N) is 1. The fraction of sp³-hybridized carbons (Fsp3) is 0.207. The van der Waals surface area contributed by atoms with Crippen molar-refractivity contribution in [2.45, 2.75) is 26.3 Å². The van der Waals surface area contributed by atoms with Crippen molar-refractivity contribution in [1.82, 2.24) is 10.6 Å². The number of rotatable bonds is 10. The number of likely N-dealkylation sites (N-methyl/N-ethyl adjacent to an activating group) is 1. The molecule has 0 saturated heterocycles. The zero-order valence-electron chi connectivity index (χ0n) is 21.8. The maximum Gasteiger partial charge on any atom is 0.336 e. The van der Waals surface area contributed by atoms with Crippen LogP contribution < -0.4 is 21.7 Å². The number of nitrogens with one attached hydrogen (secondary N) is 3. The number of aromatic carboxylic acids is 1. The number of carbonyl (C=O) groups excluding carboxylic acids is 4. The summed E-state index contributed by atoms with van der Waals surface area (Å²) >= 11 is 0. The molecular weight excluding hydrogens is 500 g/mol. The summed E-state index contributed by atoms with van der Waals surface area (Å²) < 4.78 is 0. The standard InChI is InChI=1S/C29H30N4O6/c1-16(2)13-24(28(37)31-3)33-26(35)18-11-12-21(23(15-18)29(38)39)20-9-4-5-10-22(20)27(36)32-19-8-6-7-17(14-19)25(30)34/h4-12,14-16,24H,13H2,1-3H3,(H2,30,34)(H,31,37)(H,32,36)(H,33,35)(H,38,39)/t24-/m0/s1. The van der Waals surface area contributed by atoms with Crippen molar-refractivity contribution in [3.8, 4) is 11.1 Å². The Morgan fingerprint density at radius 2 is 1.51 bits per heavy atom. The minimum Gasteiger partial charge on any atom is -0.478 e. The SMILES string of the molecule is CNC(=O)[C@H](CC(C)C)NC(=O)c1ccc(-c2ccccc2C(=O)Nc2cccc(C(N)=O)c2)c(C(=O)O)c1. The number of primary amides is 1. The topological polar surface area (TPSA) is 168 Å². The van der Waals surface area contributed by atoms with Crippen LogP contribution in [0.15, 0.2) is 66.7 Å². The second-order valence-electron chi connectivity index (χ2n) is 9.28. The molecule has 0 saturated carbocycles. The predicted octanol–water partition coefficient (Wildman–Crippen LogP) is 3.29. The molecule has 0 radical (unpaired) electrons. The fourth-order valence-corrected chi connectivity index (χ4v) is 4.08. The highest BCUT2D eigenvalue weighted by molar-refractivity contribution is 6.11. The molecule has 0 spiro atoms. The summed E-state index contributed by atoms with van der Waals surface area (Å²) in [4.78, 5) is 62.1. The maximum atomic E-state index is 13.2. The molecular formula is C29H30N4O6. The molecule has 3 aromatic rings. The third-order valence-electron chi connectivity index (χ3n) is 5.95. The summed E-state index contributed by atoms with van der Waals surface area (Å²) in [6.45, 7) is 3.84. The zero-order valence-corrected chi connectivity index (χ0v) is 21.8. The number of amides is 4. The third-order valence-corrected chi connectivity index (χ3v) is 5.95. The van der Waals surface area contributed by atoms with Gasteiger partial charge in [0.25, 0.3) is 11.8 Å². The summed E-state index contributed by atoms with van der Waals surface area (Å²) in [5, 5.41) is 17.9. The Kier molecular flexibility index (Phi) is 9.16. The van der Waals surface area contributed by atoms with Gasteiger partial charge in [-0.15, -0.1) is 0 Å². The van der Waals surface area contributed by atoms with Crippen LogP contribution in [0.1, 0.15) is 61.7 Å². The monoisotopic (exact) mass is 530 g/mol. The molecule has 0 aliphatic heterocycles. The number of anilines is 1. The van der Waals surface area contributed by atoms with Gasteiger partial charge in [0, 0.05) is 29.4 Å². The Hall–Kier alpha value is -4.99. The normalized spacial score (nSPS) is 11.4. The van der Waals surface area contributed by atoms with Crippen molar-refractivity contribution in [3.63, 3.8) is 0 Å². The van der Waals surface area contributed by atoms with Gasteiger partial charge in [-0.1, -0.05) is 44.2 Å². The summed E-state index contributed by atoms with van der Waals surface area (Å²) in [5.74, 6) is -3.30. The number of carbonyl (C=O) groups is 5. The van der Waals surface area contributed by atoms with Crippen molar-refractivity contribution in [2.75, 3.05) is 12.4 Å². The smallest absolute Gasteiger partial charge is 0.336 e. The van der Waals surface area contributed by atoms with E-state index in [0.29, 0.717) is 17.7 Å². The van der Waals surface area contributed by atoms with Crippen molar-refractivity contribution >= 4 is 35.3 Å². The van der Waals surface area contributed by atoms with Crippen molar-refractivity contribution in [2.24, 2.45) is 11.7 Å². The van der Waals surface area contributed by atoms with Crippen molar-refractivity contribution in [1.29, 1.82) is 0 Å². The number of carboxylic acids is 1. The van der Waals surface area contributed by atoms with Gasteiger partial charge < -0.3 is 26.8 Å². The molecule has 0 bridgehead atoms. The molecule has 6 N–H and O–H groups in total.